The van der Waals surface area contributed by atoms with Crippen LogP contribution in [0.5, 0.6) is 0 Å². The van der Waals surface area contributed by atoms with Crippen molar-refractivity contribution in [2.45, 2.75) is 30.6 Å². The van der Waals surface area contributed by atoms with Gasteiger partial charge < -0.3 is 0 Å². The highest BCUT2D eigenvalue weighted by molar-refractivity contribution is 7.89. The van der Waals surface area contributed by atoms with Crippen molar-refractivity contribution in [1.82, 2.24) is 14.5 Å². The Bertz CT molecular complexity index is 676. The number of hydrogen-bond acceptors (Lipinski definition) is 4. The van der Waals surface area contributed by atoms with Crippen molar-refractivity contribution in [1.29, 1.82) is 0 Å². The van der Waals surface area contributed by atoms with Gasteiger partial charge in [0.1, 0.15) is 0 Å². The lowest BCUT2D eigenvalue weighted by Gasteiger charge is -2.31. The molecule has 1 N–H and O–H groups in total. The van der Waals surface area contributed by atoms with Crippen molar-refractivity contribution in [2.75, 3.05) is 13.1 Å². The van der Waals surface area contributed by atoms with Gasteiger partial charge in [0, 0.05) is 30.1 Å². The maximum atomic E-state index is 12.6. The van der Waals surface area contributed by atoms with Crippen molar-refractivity contribution < 1.29 is 8.42 Å². The van der Waals surface area contributed by atoms with E-state index >= 15 is 0 Å². The summed E-state index contributed by atoms with van der Waals surface area (Å²) in [5, 5.41) is 10.5. The van der Waals surface area contributed by atoms with Gasteiger partial charge in [0.25, 0.3) is 0 Å². The Balaban J connectivity index is 1.84. The minimum Gasteiger partial charge on any atom is -0.282 e. The molecule has 1 fully saturated rings. The maximum Gasteiger partial charge on any atom is 0.243 e. The summed E-state index contributed by atoms with van der Waals surface area (Å²) in [5.74, 6) is 0.208. The van der Waals surface area contributed by atoms with Gasteiger partial charge in [-0.25, -0.2) is 8.42 Å². The molecule has 0 aromatic carbocycles. The first kappa shape index (κ1) is 13.8. The zero-order chi connectivity index (χ0) is 14.2. The molecular formula is C13H17N3O2S2. The molecule has 1 atom stereocenters. The Hall–Kier alpha value is -1.18. The smallest absolute Gasteiger partial charge is 0.243 e. The minimum absolute atomic E-state index is 0.208. The van der Waals surface area contributed by atoms with Gasteiger partial charge in [-0.1, -0.05) is 0 Å². The number of sulfonamides is 1. The average molecular weight is 311 g/mol. The number of nitrogens with one attached hydrogen (secondary N) is 1. The number of rotatable bonds is 3. The predicted octanol–water partition coefficient (Wildman–Crippen LogP) is 2.35. The number of aryl methyl sites for hydroxylation is 1. The molecule has 3 rings (SSSR count). The van der Waals surface area contributed by atoms with Gasteiger partial charge in [-0.2, -0.15) is 20.7 Å². The molecule has 0 spiro atoms. The van der Waals surface area contributed by atoms with Crippen LogP contribution in [0.1, 0.15) is 30.0 Å². The molecule has 0 bridgehead atoms. The number of piperidine rings is 1. The van der Waals surface area contributed by atoms with Crippen molar-refractivity contribution >= 4 is 21.4 Å². The summed E-state index contributed by atoms with van der Waals surface area (Å²) in [5.41, 5.74) is 2.17. The SMILES string of the molecule is Cc1cn[nH]c1[C@H]1CCCN(S(=O)(=O)c2ccsc2)C1. The number of thiophene rings is 1. The maximum absolute atomic E-state index is 12.6. The number of hydrogen-bond donors (Lipinski definition) is 1. The molecule has 0 aliphatic carbocycles. The monoisotopic (exact) mass is 311 g/mol. The third-order valence-electron chi connectivity index (χ3n) is 3.79. The van der Waals surface area contributed by atoms with Gasteiger partial charge in [-0.05, 0) is 36.8 Å². The van der Waals surface area contributed by atoms with Crippen LogP contribution in [0.2, 0.25) is 0 Å². The fraction of sp³-hybridized carbons (Fsp3) is 0.462. The molecule has 7 heteroatoms. The second-order valence-electron chi connectivity index (χ2n) is 5.13. The highest BCUT2D eigenvalue weighted by atomic mass is 32.2. The van der Waals surface area contributed by atoms with Crippen LogP contribution in [0.25, 0.3) is 0 Å². The first-order valence-corrected chi connectivity index (χ1v) is 8.99. The Morgan fingerprint density at radius 3 is 3.00 bits per heavy atom. The standard InChI is InChI=1S/C13H17N3O2S2/c1-10-7-14-15-13(10)11-3-2-5-16(8-11)20(17,18)12-4-6-19-9-12/h4,6-7,9,11H,2-3,5,8H2,1H3,(H,14,15)/t11-/m0/s1. The van der Waals surface area contributed by atoms with Gasteiger partial charge in [0.15, 0.2) is 0 Å². The van der Waals surface area contributed by atoms with E-state index in [0.29, 0.717) is 18.0 Å². The predicted molar refractivity (Wildman–Crippen MR) is 78.4 cm³/mol. The number of nitrogens with zero attached hydrogens (tertiary/aromatic N) is 2. The lowest BCUT2D eigenvalue weighted by Crippen LogP contribution is -2.39. The minimum atomic E-state index is -3.35. The lowest BCUT2D eigenvalue weighted by atomic mass is 9.94. The Labute approximate surface area is 122 Å². The van der Waals surface area contributed by atoms with Gasteiger partial charge >= 0.3 is 0 Å². The molecule has 1 aliphatic heterocycles. The largest absolute Gasteiger partial charge is 0.282 e. The molecule has 2 aromatic rings. The molecular weight excluding hydrogens is 294 g/mol. The number of H-pyrrole nitrogens is 1. The van der Waals surface area contributed by atoms with E-state index in [-0.39, 0.29) is 5.92 Å². The molecule has 0 radical (unpaired) electrons. The van der Waals surface area contributed by atoms with Crippen molar-refractivity contribution in [3.05, 3.63) is 34.3 Å². The molecule has 0 unspecified atom stereocenters. The summed E-state index contributed by atoms with van der Waals surface area (Å²) in [6, 6.07) is 1.67. The van der Waals surface area contributed by atoms with Crippen LogP contribution in [0.3, 0.4) is 0 Å². The summed E-state index contributed by atoms with van der Waals surface area (Å²) < 4.78 is 26.7. The van der Waals surface area contributed by atoms with Crippen LogP contribution >= 0.6 is 11.3 Å². The van der Waals surface area contributed by atoms with Crippen LogP contribution < -0.4 is 0 Å². The van der Waals surface area contributed by atoms with Gasteiger partial charge in [-0.15, -0.1) is 0 Å². The molecule has 1 saturated heterocycles. The summed E-state index contributed by atoms with van der Waals surface area (Å²) in [7, 11) is -3.35. The lowest BCUT2D eigenvalue weighted by molar-refractivity contribution is 0.312. The normalized spacial score (nSPS) is 21.1. The number of aromatic nitrogens is 2. The Morgan fingerprint density at radius 2 is 2.35 bits per heavy atom. The zero-order valence-electron chi connectivity index (χ0n) is 11.2. The molecule has 2 aromatic heterocycles. The second kappa shape index (κ2) is 5.31. The van der Waals surface area contributed by atoms with E-state index in [2.05, 4.69) is 10.2 Å². The molecule has 20 heavy (non-hydrogen) atoms. The third-order valence-corrected chi connectivity index (χ3v) is 6.49. The van der Waals surface area contributed by atoms with Crippen molar-refractivity contribution in [3.63, 3.8) is 0 Å². The van der Waals surface area contributed by atoms with Crippen LogP contribution in [0, 0.1) is 6.92 Å². The van der Waals surface area contributed by atoms with Crippen LogP contribution in [-0.4, -0.2) is 36.0 Å². The van der Waals surface area contributed by atoms with Gasteiger partial charge in [0.05, 0.1) is 11.1 Å². The van der Waals surface area contributed by atoms with Crippen molar-refractivity contribution in [3.8, 4) is 0 Å². The molecule has 5 nitrogen and oxygen atoms in total. The zero-order valence-corrected chi connectivity index (χ0v) is 12.9. The summed E-state index contributed by atoms with van der Waals surface area (Å²) in [6.07, 6.45) is 3.67. The van der Waals surface area contributed by atoms with E-state index in [9.17, 15) is 8.42 Å². The van der Waals surface area contributed by atoms with E-state index in [1.807, 2.05) is 6.92 Å². The van der Waals surface area contributed by atoms with E-state index in [1.165, 1.54) is 11.3 Å². The fourth-order valence-corrected chi connectivity index (χ4v) is 5.25. The van der Waals surface area contributed by atoms with E-state index in [0.717, 1.165) is 24.1 Å². The molecule has 3 heterocycles. The first-order chi connectivity index (χ1) is 9.59. The highest BCUT2D eigenvalue weighted by Crippen LogP contribution is 2.31. The summed E-state index contributed by atoms with van der Waals surface area (Å²) in [6.45, 7) is 3.13. The van der Waals surface area contributed by atoms with Crippen molar-refractivity contribution in [2.24, 2.45) is 0 Å². The van der Waals surface area contributed by atoms with Crippen LogP contribution in [0.4, 0.5) is 0 Å². The van der Waals surface area contributed by atoms with Gasteiger partial charge in [0.2, 0.25) is 10.0 Å². The van der Waals surface area contributed by atoms with Gasteiger partial charge in [-0.3, -0.25) is 5.10 Å². The summed E-state index contributed by atoms with van der Waals surface area (Å²) in [4.78, 5) is 0.407. The second-order valence-corrected chi connectivity index (χ2v) is 7.85. The van der Waals surface area contributed by atoms with E-state index in [1.54, 1.807) is 27.3 Å². The Morgan fingerprint density at radius 1 is 1.50 bits per heavy atom. The highest BCUT2D eigenvalue weighted by Gasteiger charge is 2.32. The topological polar surface area (TPSA) is 66.1 Å². The average Bonchev–Trinajstić information content (AvgIpc) is 3.10. The molecule has 0 saturated carbocycles. The number of aromatic amines is 1. The third kappa shape index (κ3) is 2.41. The fourth-order valence-electron chi connectivity index (χ4n) is 2.71. The van der Waals surface area contributed by atoms with E-state index < -0.39 is 10.0 Å². The quantitative estimate of drug-likeness (QED) is 0.946. The van der Waals surface area contributed by atoms with E-state index in [4.69, 9.17) is 0 Å². The molecule has 108 valence electrons. The Kier molecular flexibility index (Phi) is 3.66. The summed E-state index contributed by atoms with van der Waals surface area (Å²) >= 11 is 1.41. The molecule has 1 aliphatic rings. The van der Waals surface area contributed by atoms with Crippen LogP contribution in [0.15, 0.2) is 27.9 Å². The molecule has 0 amide bonds. The van der Waals surface area contributed by atoms with Crippen LogP contribution in [-0.2, 0) is 10.0 Å². The first-order valence-electron chi connectivity index (χ1n) is 6.61.